The number of ketones is 1. The zero-order valence-corrected chi connectivity index (χ0v) is 8.58. The van der Waals surface area contributed by atoms with Crippen LogP contribution < -0.4 is 0 Å². The minimum atomic E-state index is 0.180. The van der Waals surface area contributed by atoms with Crippen molar-refractivity contribution in [3.63, 3.8) is 0 Å². The molecule has 0 aliphatic heterocycles. The summed E-state index contributed by atoms with van der Waals surface area (Å²) < 4.78 is 5.19. The smallest absolute Gasteiger partial charge is 0.198 e. The second-order valence-electron chi connectivity index (χ2n) is 4.21. The molecule has 14 heavy (non-hydrogen) atoms. The van der Waals surface area contributed by atoms with Crippen LogP contribution in [0.25, 0.3) is 0 Å². The molecule has 0 bridgehead atoms. The van der Waals surface area contributed by atoms with Crippen molar-refractivity contribution < 1.29 is 9.21 Å². The van der Waals surface area contributed by atoms with E-state index >= 15 is 0 Å². The van der Waals surface area contributed by atoms with E-state index in [1.165, 1.54) is 25.7 Å². The first-order chi connectivity index (χ1) is 6.77. The third kappa shape index (κ3) is 1.89. The van der Waals surface area contributed by atoms with Gasteiger partial charge in [0.1, 0.15) is 0 Å². The van der Waals surface area contributed by atoms with Gasteiger partial charge in [0, 0.05) is 6.42 Å². The first-order valence-corrected chi connectivity index (χ1v) is 5.34. The Morgan fingerprint density at radius 2 is 2.21 bits per heavy atom. The van der Waals surface area contributed by atoms with Crippen molar-refractivity contribution in [3.05, 3.63) is 23.7 Å². The van der Waals surface area contributed by atoms with E-state index in [1.54, 1.807) is 6.26 Å². The molecule has 1 fully saturated rings. The fourth-order valence-corrected chi connectivity index (χ4v) is 2.23. The van der Waals surface area contributed by atoms with Crippen molar-refractivity contribution in [2.75, 3.05) is 0 Å². The highest BCUT2D eigenvalue weighted by Crippen LogP contribution is 2.29. The van der Waals surface area contributed by atoms with Crippen molar-refractivity contribution in [3.8, 4) is 0 Å². The highest BCUT2D eigenvalue weighted by molar-refractivity contribution is 5.94. The number of hydrogen-bond donors (Lipinski definition) is 0. The normalized spacial score (nSPS) is 17.5. The standard InChI is InChI=1S/C12H16O2/c1-9-6-7-14-12(9)11(13)8-10-4-2-3-5-10/h6-7,10H,2-5,8H2,1H3. The summed E-state index contributed by atoms with van der Waals surface area (Å²) in [7, 11) is 0. The number of hydrogen-bond acceptors (Lipinski definition) is 2. The van der Waals surface area contributed by atoms with Crippen LogP contribution in [0.1, 0.15) is 48.2 Å². The lowest BCUT2D eigenvalue weighted by Gasteiger charge is -2.05. The van der Waals surface area contributed by atoms with Crippen LogP contribution in [0.3, 0.4) is 0 Å². The molecule has 0 amide bonds. The summed E-state index contributed by atoms with van der Waals surface area (Å²) in [6.45, 7) is 1.92. The third-order valence-electron chi connectivity index (χ3n) is 3.06. The fraction of sp³-hybridized carbons (Fsp3) is 0.583. The summed E-state index contributed by atoms with van der Waals surface area (Å²) in [6, 6.07) is 1.85. The molecule has 1 aliphatic rings. The summed E-state index contributed by atoms with van der Waals surface area (Å²) in [4.78, 5) is 11.8. The molecule has 1 aromatic heterocycles. The molecule has 0 N–H and O–H groups in total. The van der Waals surface area contributed by atoms with Gasteiger partial charge in [-0.3, -0.25) is 4.79 Å². The molecule has 1 aliphatic carbocycles. The Morgan fingerprint density at radius 3 is 2.79 bits per heavy atom. The number of carbonyl (C=O) groups is 1. The molecule has 1 saturated carbocycles. The van der Waals surface area contributed by atoms with Gasteiger partial charge >= 0.3 is 0 Å². The molecule has 2 heteroatoms. The first-order valence-electron chi connectivity index (χ1n) is 5.34. The largest absolute Gasteiger partial charge is 0.461 e. The molecular formula is C12H16O2. The van der Waals surface area contributed by atoms with Gasteiger partial charge in [-0.15, -0.1) is 0 Å². The van der Waals surface area contributed by atoms with Crippen LogP contribution in [-0.2, 0) is 0 Å². The first kappa shape index (κ1) is 9.50. The van der Waals surface area contributed by atoms with Crippen molar-refractivity contribution in [2.24, 2.45) is 5.92 Å². The summed E-state index contributed by atoms with van der Waals surface area (Å²) in [5.74, 6) is 1.35. The highest BCUT2D eigenvalue weighted by Gasteiger charge is 2.21. The lowest BCUT2D eigenvalue weighted by atomic mass is 9.99. The van der Waals surface area contributed by atoms with E-state index in [0.29, 0.717) is 18.1 Å². The Labute approximate surface area is 84.3 Å². The monoisotopic (exact) mass is 192 g/mol. The number of aryl methyl sites for hydroxylation is 1. The quantitative estimate of drug-likeness (QED) is 0.687. The molecule has 1 aromatic rings. The van der Waals surface area contributed by atoms with Crippen LogP contribution in [-0.4, -0.2) is 5.78 Å². The maximum Gasteiger partial charge on any atom is 0.198 e. The molecule has 0 radical (unpaired) electrons. The summed E-state index contributed by atoms with van der Waals surface area (Å²) in [6.07, 6.45) is 7.27. The van der Waals surface area contributed by atoms with Gasteiger partial charge in [-0.25, -0.2) is 0 Å². The van der Waals surface area contributed by atoms with Gasteiger partial charge in [-0.05, 0) is 24.5 Å². The highest BCUT2D eigenvalue weighted by atomic mass is 16.3. The van der Waals surface area contributed by atoms with E-state index in [9.17, 15) is 4.79 Å². The lowest BCUT2D eigenvalue weighted by molar-refractivity contribution is 0.0934. The third-order valence-corrected chi connectivity index (χ3v) is 3.06. The van der Waals surface area contributed by atoms with Crippen LogP contribution in [0.4, 0.5) is 0 Å². The second kappa shape index (κ2) is 3.99. The average molecular weight is 192 g/mol. The van der Waals surface area contributed by atoms with Crippen LogP contribution in [0.2, 0.25) is 0 Å². The number of Topliss-reactive ketones (excluding diaryl/α,β-unsaturated/α-hetero) is 1. The maximum absolute atomic E-state index is 11.8. The van der Waals surface area contributed by atoms with E-state index in [2.05, 4.69) is 0 Å². The van der Waals surface area contributed by atoms with Crippen LogP contribution in [0, 0.1) is 12.8 Å². The van der Waals surface area contributed by atoms with Gasteiger partial charge < -0.3 is 4.42 Å². The van der Waals surface area contributed by atoms with E-state index in [-0.39, 0.29) is 5.78 Å². The van der Waals surface area contributed by atoms with E-state index in [4.69, 9.17) is 4.42 Å². The van der Waals surface area contributed by atoms with Crippen molar-refractivity contribution in [1.29, 1.82) is 0 Å². The van der Waals surface area contributed by atoms with Crippen LogP contribution in [0.5, 0.6) is 0 Å². The molecular weight excluding hydrogens is 176 g/mol. The van der Waals surface area contributed by atoms with Gasteiger partial charge in [0.15, 0.2) is 11.5 Å². The van der Waals surface area contributed by atoms with Gasteiger partial charge in [0.25, 0.3) is 0 Å². The second-order valence-corrected chi connectivity index (χ2v) is 4.21. The number of furan rings is 1. The van der Waals surface area contributed by atoms with Gasteiger partial charge in [-0.2, -0.15) is 0 Å². The Hall–Kier alpha value is -1.05. The van der Waals surface area contributed by atoms with Crippen LogP contribution in [0.15, 0.2) is 16.7 Å². The topological polar surface area (TPSA) is 30.2 Å². The molecule has 2 nitrogen and oxygen atoms in total. The Bertz CT molecular complexity index is 319. The number of rotatable bonds is 3. The molecule has 0 spiro atoms. The maximum atomic E-state index is 11.8. The SMILES string of the molecule is Cc1ccoc1C(=O)CC1CCCC1. The Morgan fingerprint density at radius 1 is 1.50 bits per heavy atom. The predicted molar refractivity (Wildman–Crippen MR) is 54.4 cm³/mol. The van der Waals surface area contributed by atoms with E-state index in [0.717, 1.165) is 5.56 Å². The predicted octanol–water partition coefficient (Wildman–Crippen LogP) is 3.35. The van der Waals surface area contributed by atoms with Gasteiger partial charge in [0.2, 0.25) is 0 Å². The van der Waals surface area contributed by atoms with Gasteiger partial charge in [0.05, 0.1) is 6.26 Å². The molecule has 0 unspecified atom stereocenters. The Kier molecular flexibility index (Phi) is 2.71. The molecule has 0 atom stereocenters. The van der Waals surface area contributed by atoms with E-state index < -0.39 is 0 Å². The van der Waals surface area contributed by atoms with Gasteiger partial charge in [-0.1, -0.05) is 25.7 Å². The zero-order chi connectivity index (χ0) is 9.97. The number of carbonyl (C=O) groups excluding carboxylic acids is 1. The average Bonchev–Trinajstić information content (AvgIpc) is 2.75. The minimum absolute atomic E-state index is 0.180. The minimum Gasteiger partial charge on any atom is -0.461 e. The molecule has 0 saturated heterocycles. The lowest BCUT2D eigenvalue weighted by Crippen LogP contribution is -2.05. The molecule has 0 aromatic carbocycles. The summed E-state index contributed by atoms with van der Waals surface area (Å²) in [5, 5.41) is 0. The fourth-order valence-electron chi connectivity index (χ4n) is 2.23. The molecule has 76 valence electrons. The summed E-state index contributed by atoms with van der Waals surface area (Å²) >= 11 is 0. The van der Waals surface area contributed by atoms with Crippen molar-refractivity contribution in [1.82, 2.24) is 0 Å². The Balaban J connectivity index is 1.98. The summed E-state index contributed by atoms with van der Waals surface area (Å²) in [5.41, 5.74) is 0.966. The van der Waals surface area contributed by atoms with Crippen LogP contribution >= 0.6 is 0 Å². The molecule has 1 heterocycles. The van der Waals surface area contributed by atoms with Crippen molar-refractivity contribution in [2.45, 2.75) is 39.0 Å². The molecule has 2 rings (SSSR count). The van der Waals surface area contributed by atoms with E-state index in [1.807, 2.05) is 13.0 Å². The van der Waals surface area contributed by atoms with Crippen molar-refractivity contribution >= 4 is 5.78 Å². The zero-order valence-electron chi connectivity index (χ0n) is 8.58.